The van der Waals surface area contributed by atoms with E-state index in [1.54, 1.807) is 31.2 Å². The third-order valence-corrected chi connectivity index (χ3v) is 3.52. The van der Waals surface area contributed by atoms with E-state index < -0.39 is 0 Å². The van der Waals surface area contributed by atoms with E-state index in [9.17, 15) is 9.59 Å². The topological polar surface area (TPSA) is 97.0 Å². The number of nitrogens with zero attached hydrogens (tertiary/aromatic N) is 2. The minimum absolute atomic E-state index is 0.136. The van der Waals surface area contributed by atoms with Gasteiger partial charge in [-0.2, -0.15) is 0 Å². The van der Waals surface area contributed by atoms with Crippen LogP contribution in [-0.4, -0.2) is 33.2 Å². The zero-order valence-corrected chi connectivity index (χ0v) is 14.2. The van der Waals surface area contributed by atoms with E-state index in [-0.39, 0.29) is 17.7 Å². The lowest BCUT2D eigenvalue weighted by atomic mass is 10.2. The summed E-state index contributed by atoms with van der Waals surface area (Å²) in [6.45, 7) is 5.44. The number of carbonyl (C=O) groups is 2. The van der Waals surface area contributed by atoms with Gasteiger partial charge >= 0.3 is 0 Å². The standard InChI is InChI=1S/C18H18N4O3/c1-10(2)25-15-13(9-23)20-17-14(15)21-16(11(3)19-17)22-18(24)12-7-5-4-6-8-12/h4-10H,1-3H3,(H,19,20)(H,21,22,24). The Hall–Kier alpha value is -3.22. The van der Waals surface area contributed by atoms with Crippen LogP contribution in [0.2, 0.25) is 0 Å². The van der Waals surface area contributed by atoms with Crippen LogP contribution in [0.15, 0.2) is 30.3 Å². The largest absolute Gasteiger partial charge is 0.486 e. The van der Waals surface area contributed by atoms with Crippen LogP contribution in [0.4, 0.5) is 5.82 Å². The lowest BCUT2D eigenvalue weighted by Crippen LogP contribution is -2.14. The third kappa shape index (κ3) is 3.35. The maximum Gasteiger partial charge on any atom is 0.256 e. The Morgan fingerprint density at radius 2 is 1.96 bits per heavy atom. The number of aryl methyl sites for hydroxylation is 1. The van der Waals surface area contributed by atoms with Gasteiger partial charge in [0.05, 0.1) is 11.8 Å². The van der Waals surface area contributed by atoms with Crippen molar-refractivity contribution in [1.82, 2.24) is 15.0 Å². The first-order valence-electron chi connectivity index (χ1n) is 7.88. The molecule has 3 aromatic rings. The highest BCUT2D eigenvalue weighted by atomic mass is 16.5. The summed E-state index contributed by atoms with van der Waals surface area (Å²) < 4.78 is 5.70. The number of fused-ring (bicyclic) bond motifs is 1. The fraction of sp³-hybridized carbons (Fsp3) is 0.222. The molecule has 0 unspecified atom stereocenters. The number of hydrogen-bond acceptors (Lipinski definition) is 5. The quantitative estimate of drug-likeness (QED) is 0.697. The number of nitrogens with one attached hydrogen (secondary N) is 2. The third-order valence-electron chi connectivity index (χ3n) is 3.52. The molecular formula is C18H18N4O3. The number of hydrogen-bond donors (Lipinski definition) is 2. The maximum atomic E-state index is 12.4. The van der Waals surface area contributed by atoms with Gasteiger partial charge in [0.1, 0.15) is 5.69 Å². The number of amides is 1. The zero-order chi connectivity index (χ0) is 18.0. The lowest BCUT2D eigenvalue weighted by Gasteiger charge is -2.10. The Kier molecular flexibility index (Phi) is 4.47. The van der Waals surface area contributed by atoms with Crippen LogP contribution in [0.1, 0.15) is 40.4 Å². The minimum atomic E-state index is -0.283. The first-order valence-corrected chi connectivity index (χ1v) is 7.88. The highest BCUT2D eigenvalue weighted by molar-refractivity contribution is 6.04. The van der Waals surface area contributed by atoms with E-state index in [2.05, 4.69) is 20.3 Å². The predicted molar refractivity (Wildman–Crippen MR) is 94.2 cm³/mol. The summed E-state index contributed by atoms with van der Waals surface area (Å²) in [6, 6.07) is 8.83. The molecule has 2 N–H and O–H groups in total. The molecule has 7 heteroatoms. The Morgan fingerprint density at radius 3 is 2.60 bits per heavy atom. The second kappa shape index (κ2) is 6.72. The second-order valence-electron chi connectivity index (χ2n) is 5.83. The molecule has 0 spiro atoms. The van der Waals surface area contributed by atoms with Crippen molar-refractivity contribution in [1.29, 1.82) is 0 Å². The summed E-state index contributed by atoms with van der Waals surface area (Å²) >= 11 is 0. The van der Waals surface area contributed by atoms with E-state index in [0.717, 1.165) is 0 Å². The Bertz CT molecular complexity index is 932. The van der Waals surface area contributed by atoms with Crippen LogP contribution >= 0.6 is 0 Å². The molecule has 1 aromatic carbocycles. The number of aromatic nitrogens is 3. The molecule has 1 amide bonds. The van der Waals surface area contributed by atoms with Gasteiger partial charge in [0.2, 0.25) is 0 Å². The first kappa shape index (κ1) is 16.6. The average molecular weight is 338 g/mol. The van der Waals surface area contributed by atoms with Crippen molar-refractivity contribution >= 4 is 29.2 Å². The van der Waals surface area contributed by atoms with Gasteiger partial charge in [-0.1, -0.05) is 18.2 Å². The highest BCUT2D eigenvalue weighted by Crippen LogP contribution is 2.29. The first-order chi connectivity index (χ1) is 12.0. The number of H-pyrrole nitrogens is 1. The Labute approximate surface area is 144 Å². The van der Waals surface area contributed by atoms with Crippen molar-refractivity contribution < 1.29 is 14.3 Å². The van der Waals surface area contributed by atoms with E-state index in [1.807, 2.05) is 19.9 Å². The molecule has 0 aliphatic carbocycles. The SMILES string of the molecule is Cc1nc2[nH]c(C=O)c(OC(C)C)c2nc1NC(=O)c1ccccc1. The number of benzene rings is 1. The molecule has 0 bridgehead atoms. The van der Waals surface area contributed by atoms with Crippen molar-refractivity contribution in [2.24, 2.45) is 0 Å². The molecular weight excluding hydrogens is 320 g/mol. The number of carbonyl (C=O) groups excluding carboxylic acids is 2. The molecule has 3 rings (SSSR count). The maximum absolute atomic E-state index is 12.4. The fourth-order valence-corrected chi connectivity index (χ4v) is 2.40. The van der Waals surface area contributed by atoms with E-state index in [4.69, 9.17) is 4.74 Å². The van der Waals surface area contributed by atoms with Crippen LogP contribution in [0.5, 0.6) is 5.75 Å². The van der Waals surface area contributed by atoms with E-state index >= 15 is 0 Å². The van der Waals surface area contributed by atoms with E-state index in [0.29, 0.717) is 40.3 Å². The normalized spacial score (nSPS) is 10.9. The number of aldehydes is 1. The van der Waals surface area contributed by atoms with Crippen LogP contribution < -0.4 is 10.1 Å². The molecule has 0 aliphatic heterocycles. The smallest absolute Gasteiger partial charge is 0.256 e. The number of rotatable bonds is 5. The van der Waals surface area contributed by atoms with Crippen molar-refractivity contribution in [3.05, 3.63) is 47.3 Å². The summed E-state index contributed by atoms with van der Waals surface area (Å²) in [4.78, 5) is 35.4. The second-order valence-corrected chi connectivity index (χ2v) is 5.83. The summed E-state index contributed by atoms with van der Waals surface area (Å²) in [5.41, 5.74) is 2.17. The van der Waals surface area contributed by atoms with Gasteiger partial charge in [-0.15, -0.1) is 0 Å². The summed E-state index contributed by atoms with van der Waals surface area (Å²) in [6.07, 6.45) is 0.529. The monoisotopic (exact) mass is 338 g/mol. The average Bonchev–Trinajstić information content (AvgIpc) is 2.92. The summed E-state index contributed by atoms with van der Waals surface area (Å²) in [5.74, 6) is 0.379. The van der Waals surface area contributed by atoms with E-state index in [1.165, 1.54) is 0 Å². The molecule has 0 saturated carbocycles. The van der Waals surface area contributed by atoms with Crippen molar-refractivity contribution in [2.45, 2.75) is 26.9 Å². The highest BCUT2D eigenvalue weighted by Gasteiger charge is 2.19. The minimum Gasteiger partial charge on any atom is -0.486 e. The molecule has 2 aromatic heterocycles. The van der Waals surface area contributed by atoms with Gasteiger partial charge in [-0.05, 0) is 32.9 Å². The van der Waals surface area contributed by atoms with Crippen molar-refractivity contribution in [3.8, 4) is 5.75 Å². The predicted octanol–water partition coefficient (Wildman–Crippen LogP) is 3.12. The number of anilines is 1. The van der Waals surface area contributed by atoms with Gasteiger partial charge in [0.15, 0.2) is 29.0 Å². The van der Waals surface area contributed by atoms with Gasteiger partial charge < -0.3 is 15.0 Å². The number of ether oxygens (including phenoxy) is 1. The Morgan fingerprint density at radius 1 is 1.24 bits per heavy atom. The number of aromatic amines is 1. The van der Waals surface area contributed by atoms with Crippen LogP contribution in [0.3, 0.4) is 0 Å². The molecule has 0 radical (unpaired) electrons. The molecule has 0 fully saturated rings. The Balaban J connectivity index is 2.02. The van der Waals surface area contributed by atoms with Crippen LogP contribution in [0.25, 0.3) is 11.2 Å². The van der Waals surface area contributed by atoms with Crippen molar-refractivity contribution in [3.63, 3.8) is 0 Å². The fourth-order valence-electron chi connectivity index (χ4n) is 2.40. The zero-order valence-electron chi connectivity index (χ0n) is 14.2. The van der Waals surface area contributed by atoms with Gasteiger partial charge in [-0.3, -0.25) is 9.59 Å². The lowest BCUT2D eigenvalue weighted by molar-refractivity contribution is 0.102. The van der Waals surface area contributed by atoms with Gasteiger partial charge in [0, 0.05) is 5.56 Å². The van der Waals surface area contributed by atoms with Crippen LogP contribution in [-0.2, 0) is 0 Å². The summed E-state index contributed by atoms with van der Waals surface area (Å²) in [7, 11) is 0. The van der Waals surface area contributed by atoms with Gasteiger partial charge in [-0.25, -0.2) is 9.97 Å². The van der Waals surface area contributed by atoms with Gasteiger partial charge in [0.25, 0.3) is 5.91 Å². The molecule has 2 heterocycles. The van der Waals surface area contributed by atoms with Crippen LogP contribution in [0, 0.1) is 6.92 Å². The molecule has 0 atom stereocenters. The molecule has 7 nitrogen and oxygen atoms in total. The molecule has 0 aliphatic rings. The molecule has 25 heavy (non-hydrogen) atoms. The van der Waals surface area contributed by atoms with Crippen molar-refractivity contribution in [2.75, 3.05) is 5.32 Å². The molecule has 128 valence electrons. The molecule has 0 saturated heterocycles. The summed E-state index contributed by atoms with van der Waals surface area (Å²) in [5, 5.41) is 2.76.